The first kappa shape index (κ1) is 16.4. The molecule has 2 aromatic carbocycles. The summed E-state index contributed by atoms with van der Waals surface area (Å²) >= 11 is 11.7. The van der Waals surface area contributed by atoms with Gasteiger partial charge >= 0.3 is 5.97 Å². The molecule has 0 saturated carbocycles. The minimum Gasteiger partial charge on any atom is -0.421 e. The molecule has 0 fully saturated rings. The molecule has 0 N–H and O–H groups in total. The average molecular weight is 366 g/mol. The van der Waals surface area contributed by atoms with Crippen LogP contribution in [0.3, 0.4) is 0 Å². The van der Waals surface area contributed by atoms with Gasteiger partial charge in [0, 0.05) is 6.07 Å². The molecular weight excluding hydrogens is 356 g/mol. The molecule has 24 heavy (non-hydrogen) atoms. The van der Waals surface area contributed by atoms with Gasteiger partial charge in [-0.15, -0.1) is 5.10 Å². The van der Waals surface area contributed by atoms with Crippen LogP contribution in [0, 0.1) is 12.7 Å². The summed E-state index contributed by atoms with van der Waals surface area (Å²) in [4.78, 5) is 16.2. The van der Waals surface area contributed by atoms with Gasteiger partial charge in [-0.05, 0) is 43.3 Å². The third-order valence-electron chi connectivity index (χ3n) is 3.12. The fraction of sp³-hybridized carbons (Fsp3) is 0.0625. The van der Waals surface area contributed by atoms with Crippen molar-refractivity contribution in [3.8, 4) is 11.4 Å². The maximum Gasteiger partial charge on any atom is 0.383 e. The summed E-state index contributed by atoms with van der Waals surface area (Å²) in [5.41, 5.74) is 0.579. The first-order valence-electron chi connectivity index (χ1n) is 6.81. The Balaban J connectivity index is 1.84. The zero-order valence-corrected chi connectivity index (χ0v) is 13.8. The van der Waals surface area contributed by atoms with E-state index < -0.39 is 5.97 Å². The van der Waals surface area contributed by atoms with Crippen LogP contribution in [0.2, 0.25) is 10.0 Å². The second-order valence-electron chi connectivity index (χ2n) is 4.84. The molecule has 0 aliphatic heterocycles. The fourth-order valence-electron chi connectivity index (χ4n) is 2.00. The van der Waals surface area contributed by atoms with Gasteiger partial charge in [-0.25, -0.2) is 18.9 Å². The lowest BCUT2D eigenvalue weighted by atomic mass is 10.3. The lowest BCUT2D eigenvalue weighted by Crippen LogP contribution is -2.11. The average Bonchev–Trinajstić information content (AvgIpc) is 2.94. The fourth-order valence-corrected chi connectivity index (χ4v) is 2.28. The van der Waals surface area contributed by atoms with Gasteiger partial charge in [-0.3, -0.25) is 0 Å². The van der Waals surface area contributed by atoms with Crippen molar-refractivity contribution in [2.45, 2.75) is 6.92 Å². The third kappa shape index (κ3) is 3.39. The summed E-state index contributed by atoms with van der Waals surface area (Å²) in [5, 5.41) is 4.71. The molecule has 3 rings (SSSR count). The largest absolute Gasteiger partial charge is 0.421 e. The first-order chi connectivity index (χ1) is 11.4. The topological polar surface area (TPSA) is 57.0 Å². The number of benzene rings is 2. The second kappa shape index (κ2) is 6.59. The monoisotopic (exact) mass is 365 g/mol. The number of carbonyl (C=O) groups excluding carboxylic acids is 1. The van der Waals surface area contributed by atoms with Gasteiger partial charge in [0.2, 0.25) is 0 Å². The van der Waals surface area contributed by atoms with Crippen LogP contribution in [0.15, 0.2) is 42.5 Å². The number of nitrogens with zero attached hydrogens (tertiary/aromatic N) is 3. The molecule has 0 amide bonds. The van der Waals surface area contributed by atoms with E-state index in [1.165, 1.54) is 47.1 Å². The molecule has 122 valence electrons. The molecule has 0 saturated heterocycles. The minimum absolute atomic E-state index is 0.122. The third-order valence-corrected chi connectivity index (χ3v) is 3.86. The summed E-state index contributed by atoms with van der Waals surface area (Å²) in [5.74, 6) is -0.538. The zero-order chi connectivity index (χ0) is 17.3. The van der Waals surface area contributed by atoms with Gasteiger partial charge in [0.1, 0.15) is 17.4 Å². The van der Waals surface area contributed by atoms with Crippen LogP contribution in [0.1, 0.15) is 16.4 Å². The maximum atomic E-state index is 13.0. The quantitative estimate of drug-likeness (QED) is 0.514. The molecule has 0 aliphatic carbocycles. The van der Waals surface area contributed by atoms with Gasteiger partial charge in [0.05, 0.1) is 15.7 Å². The Morgan fingerprint density at radius 3 is 2.50 bits per heavy atom. The number of hydrogen-bond donors (Lipinski definition) is 0. The molecule has 1 heterocycles. The number of aromatic nitrogens is 3. The number of ether oxygens (including phenoxy) is 1. The van der Waals surface area contributed by atoms with Crippen LogP contribution in [-0.2, 0) is 0 Å². The first-order valence-corrected chi connectivity index (χ1v) is 7.56. The van der Waals surface area contributed by atoms with E-state index in [0.29, 0.717) is 16.5 Å². The minimum atomic E-state index is -0.739. The van der Waals surface area contributed by atoms with Crippen LogP contribution >= 0.6 is 23.2 Å². The summed E-state index contributed by atoms with van der Waals surface area (Å²) in [6, 6.07) is 10.1. The summed E-state index contributed by atoms with van der Waals surface area (Å²) < 4.78 is 19.6. The van der Waals surface area contributed by atoms with Crippen LogP contribution in [0.5, 0.6) is 5.75 Å². The predicted molar refractivity (Wildman–Crippen MR) is 87.5 cm³/mol. The number of esters is 1. The summed E-state index contributed by atoms with van der Waals surface area (Å²) in [7, 11) is 0. The highest BCUT2D eigenvalue weighted by Crippen LogP contribution is 2.26. The highest BCUT2D eigenvalue weighted by atomic mass is 35.5. The molecule has 8 heteroatoms. The highest BCUT2D eigenvalue weighted by molar-refractivity contribution is 6.42. The number of halogens is 3. The van der Waals surface area contributed by atoms with Crippen LogP contribution < -0.4 is 4.74 Å². The molecule has 0 radical (unpaired) electrons. The molecule has 0 aliphatic rings. The van der Waals surface area contributed by atoms with E-state index in [4.69, 9.17) is 27.9 Å². The Kier molecular flexibility index (Phi) is 4.51. The van der Waals surface area contributed by atoms with Crippen molar-refractivity contribution in [2.75, 3.05) is 0 Å². The van der Waals surface area contributed by atoms with E-state index in [-0.39, 0.29) is 22.4 Å². The lowest BCUT2D eigenvalue weighted by molar-refractivity contribution is 0.0722. The zero-order valence-electron chi connectivity index (χ0n) is 12.3. The van der Waals surface area contributed by atoms with Gasteiger partial charge in [0.15, 0.2) is 0 Å². The molecule has 0 unspecified atom stereocenters. The second-order valence-corrected chi connectivity index (χ2v) is 5.65. The van der Waals surface area contributed by atoms with Crippen molar-refractivity contribution >= 4 is 29.2 Å². The van der Waals surface area contributed by atoms with Crippen LogP contribution in [0.4, 0.5) is 4.39 Å². The number of aryl methyl sites for hydroxylation is 1. The number of carbonyl (C=O) groups is 1. The Bertz CT molecular complexity index is 910. The molecule has 0 spiro atoms. The van der Waals surface area contributed by atoms with Crippen molar-refractivity contribution in [1.29, 1.82) is 0 Å². The standard InChI is InChI=1S/C16H10Cl2FN3O2/c1-9-20-15(21-22(9)11-4-2-10(19)3-5-11)16(23)24-12-6-7-13(17)14(18)8-12/h2-8H,1H3. The van der Waals surface area contributed by atoms with Crippen LogP contribution in [-0.4, -0.2) is 20.7 Å². The molecule has 5 nitrogen and oxygen atoms in total. The summed E-state index contributed by atoms with van der Waals surface area (Å²) in [6.07, 6.45) is 0. The highest BCUT2D eigenvalue weighted by Gasteiger charge is 2.18. The Labute approximate surface area is 146 Å². The Hall–Kier alpha value is -2.44. The van der Waals surface area contributed by atoms with E-state index in [1.807, 2.05) is 0 Å². The molecule has 0 bridgehead atoms. The molecule has 0 atom stereocenters. The predicted octanol–water partition coefficient (Wildman–Crippen LogP) is 4.24. The number of rotatable bonds is 3. The smallest absolute Gasteiger partial charge is 0.383 e. The SMILES string of the molecule is Cc1nc(C(=O)Oc2ccc(Cl)c(Cl)c2)nn1-c1ccc(F)cc1. The van der Waals surface area contributed by atoms with Crippen molar-refractivity contribution in [1.82, 2.24) is 14.8 Å². The van der Waals surface area contributed by atoms with E-state index in [1.54, 1.807) is 6.92 Å². The van der Waals surface area contributed by atoms with E-state index >= 15 is 0 Å². The normalized spacial score (nSPS) is 10.7. The van der Waals surface area contributed by atoms with Crippen molar-refractivity contribution in [3.63, 3.8) is 0 Å². The van der Waals surface area contributed by atoms with E-state index in [2.05, 4.69) is 10.1 Å². The van der Waals surface area contributed by atoms with E-state index in [0.717, 1.165) is 0 Å². The van der Waals surface area contributed by atoms with Gasteiger partial charge in [-0.1, -0.05) is 23.2 Å². The number of hydrogen-bond acceptors (Lipinski definition) is 4. The molecule has 1 aromatic heterocycles. The molecular formula is C16H10Cl2FN3O2. The van der Waals surface area contributed by atoms with Crippen molar-refractivity contribution in [2.24, 2.45) is 0 Å². The molecule has 3 aromatic rings. The van der Waals surface area contributed by atoms with Crippen molar-refractivity contribution in [3.05, 3.63) is 70.0 Å². The Morgan fingerprint density at radius 2 is 1.83 bits per heavy atom. The van der Waals surface area contributed by atoms with Gasteiger partial charge in [0.25, 0.3) is 5.82 Å². The van der Waals surface area contributed by atoms with Crippen LogP contribution in [0.25, 0.3) is 5.69 Å². The lowest BCUT2D eigenvalue weighted by Gasteiger charge is -2.03. The van der Waals surface area contributed by atoms with Crippen molar-refractivity contribution < 1.29 is 13.9 Å². The Morgan fingerprint density at radius 1 is 1.12 bits per heavy atom. The summed E-state index contributed by atoms with van der Waals surface area (Å²) in [6.45, 7) is 1.67. The van der Waals surface area contributed by atoms with Gasteiger partial charge in [-0.2, -0.15) is 0 Å². The van der Waals surface area contributed by atoms with E-state index in [9.17, 15) is 9.18 Å². The van der Waals surface area contributed by atoms with Gasteiger partial charge < -0.3 is 4.74 Å². The maximum absolute atomic E-state index is 13.0.